The van der Waals surface area contributed by atoms with Gasteiger partial charge in [-0.1, -0.05) is 0 Å². The standard InChI is InChI=1S/C17H26F5NO3Si/c1-9(2)24-17(26-27,25-10(3)4)7-5-6-8-23-16-14(21)12(19)11(18)13(20)15(16)22/h9-10,23H,5-8H2,1-4,27H3. The Balaban J connectivity index is 2.68. The van der Waals surface area contributed by atoms with Gasteiger partial charge in [-0.05, 0) is 40.5 Å². The zero-order chi connectivity index (χ0) is 20.8. The van der Waals surface area contributed by atoms with Gasteiger partial charge in [0, 0.05) is 13.0 Å². The first-order valence-electron chi connectivity index (χ1n) is 8.70. The summed E-state index contributed by atoms with van der Waals surface area (Å²) in [6, 6.07) is 0. The molecule has 0 aromatic heterocycles. The van der Waals surface area contributed by atoms with E-state index < -0.39 is 40.7 Å². The number of unbranched alkanes of at least 4 members (excludes halogenated alkanes) is 1. The highest BCUT2D eigenvalue weighted by molar-refractivity contribution is 5.98. The van der Waals surface area contributed by atoms with Gasteiger partial charge >= 0.3 is 0 Å². The lowest BCUT2D eigenvalue weighted by Crippen LogP contribution is -2.42. The molecule has 1 aromatic carbocycles. The Hall–Kier alpha value is -1.23. The fourth-order valence-electron chi connectivity index (χ4n) is 2.50. The predicted molar refractivity (Wildman–Crippen MR) is 94.8 cm³/mol. The molecule has 0 aliphatic rings. The van der Waals surface area contributed by atoms with E-state index in [1.54, 1.807) is 0 Å². The van der Waals surface area contributed by atoms with Gasteiger partial charge in [-0.15, -0.1) is 0 Å². The Bertz CT molecular complexity index is 592. The Morgan fingerprint density at radius 1 is 0.815 bits per heavy atom. The van der Waals surface area contributed by atoms with Crippen LogP contribution in [0.2, 0.25) is 0 Å². The van der Waals surface area contributed by atoms with Crippen molar-refractivity contribution in [1.29, 1.82) is 0 Å². The van der Waals surface area contributed by atoms with Gasteiger partial charge < -0.3 is 19.2 Å². The van der Waals surface area contributed by atoms with Crippen molar-refractivity contribution in [3.63, 3.8) is 0 Å². The molecule has 0 fully saturated rings. The van der Waals surface area contributed by atoms with Crippen LogP contribution in [0, 0.1) is 29.1 Å². The molecule has 0 spiro atoms. The van der Waals surface area contributed by atoms with Crippen molar-refractivity contribution in [2.45, 2.75) is 65.1 Å². The number of benzene rings is 1. The van der Waals surface area contributed by atoms with Crippen molar-refractivity contribution in [3.05, 3.63) is 29.1 Å². The van der Waals surface area contributed by atoms with Crippen LogP contribution in [0.25, 0.3) is 0 Å². The number of halogens is 5. The van der Waals surface area contributed by atoms with E-state index in [-0.39, 0.29) is 18.8 Å². The SMILES string of the molecule is CC(C)OC(CCCCNc1c(F)c(F)c(F)c(F)c1F)(O[SiH3])OC(C)C. The normalized spacial score (nSPS) is 12.4. The van der Waals surface area contributed by atoms with Crippen LogP contribution in [-0.4, -0.2) is 35.2 Å². The van der Waals surface area contributed by atoms with Crippen LogP contribution in [0.3, 0.4) is 0 Å². The molecule has 0 atom stereocenters. The minimum absolute atomic E-state index is 0.00106. The van der Waals surface area contributed by atoms with Crippen molar-refractivity contribution < 1.29 is 35.9 Å². The number of hydrogen-bond donors (Lipinski definition) is 1. The molecule has 27 heavy (non-hydrogen) atoms. The van der Waals surface area contributed by atoms with Crippen LogP contribution in [0.4, 0.5) is 27.6 Å². The molecule has 0 radical (unpaired) electrons. The van der Waals surface area contributed by atoms with Crippen LogP contribution in [-0.2, 0) is 13.9 Å². The molecule has 4 nitrogen and oxygen atoms in total. The summed E-state index contributed by atoms with van der Waals surface area (Å²) in [4.78, 5) is 0. The van der Waals surface area contributed by atoms with Gasteiger partial charge in [-0.25, -0.2) is 22.0 Å². The molecular weight excluding hydrogens is 389 g/mol. The molecule has 156 valence electrons. The van der Waals surface area contributed by atoms with Crippen molar-refractivity contribution in [3.8, 4) is 0 Å². The second-order valence-electron chi connectivity index (χ2n) is 6.55. The summed E-state index contributed by atoms with van der Waals surface area (Å²) < 4.78 is 83.6. The van der Waals surface area contributed by atoms with Gasteiger partial charge in [0.15, 0.2) is 33.8 Å². The molecule has 1 N–H and O–H groups in total. The Morgan fingerprint density at radius 2 is 1.26 bits per heavy atom. The molecule has 0 aliphatic carbocycles. The summed E-state index contributed by atoms with van der Waals surface area (Å²) >= 11 is 0. The first-order chi connectivity index (χ1) is 12.5. The lowest BCUT2D eigenvalue weighted by Gasteiger charge is -2.36. The first kappa shape index (κ1) is 23.8. The molecule has 0 aliphatic heterocycles. The zero-order valence-electron chi connectivity index (χ0n) is 16.1. The maximum atomic E-state index is 13.6. The maximum absolute atomic E-state index is 13.6. The second kappa shape index (κ2) is 10.3. The van der Waals surface area contributed by atoms with Gasteiger partial charge in [-0.3, -0.25) is 0 Å². The highest BCUT2D eigenvalue weighted by Crippen LogP contribution is 2.28. The average Bonchev–Trinajstić information content (AvgIpc) is 2.59. The van der Waals surface area contributed by atoms with Crippen LogP contribution >= 0.6 is 0 Å². The van der Waals surface area contributed by atoms with Gasteiger partial charge in [0.1, 0.15) is 5.69 Å². The smallest absolute Gasteiger partial charge is 0.273 e. The predicted octanol–water partition coefficient (Wildman–Crippen LogP) is 3.77. The van der Waals surface area contributed by atoms with E-state index in [2.05, 4.69) is 5.32 Å². The van der Waals surface area contributed by atoms with Gasteiger partial charge in [0.05, 0.1) is 12.2 Å². The number of rotatable bonds is 11. The molecular formula is C17H26F5NO3Si. The van der Waals surface area contributed by atoms with Crippen molar-refractivity contribution in [1.82, 2.24) is 0 Å². The Labute approximate surface area is 158 Å². The average molecular weight is 415 g/mol. The van der Waals surface area contributed by atoms with Crippen molar-refractivity contribution >= 4 is 16.2 Å². The van der Waals surface area contributed by atoms with E-state index >= 15 is 0 Å². The lowest BCUT2D eigenvalue weighted by molar-refractivity contribution is -0.369. The van der Waals surface area contributed by atoms with Crippen LogP contribution in [0.1, 0.15) is 47.0 Å². The number of nitrogens with one attached hydrogen (secondary N) is 1. The number of anilines is 1. The first-order valence-corrected chi connectivity index (χ1v) is 9.52. The molecule has 0 heterocycles. The lowest BCUT2D eigenvalue weighted by atomic mass is 10.2. The number of hydrogen-bond acceptors (Lipinski definition) is 4. The minimum atomic E-state index is -2.18. The summed E-state index contributed by atoms with van der Waals surface area (Å²) in [5, 5.41) is 2.27. The third kappa shape index (κ3) is 6.41. The Kier molecular flexibility index (Phi) is 9.12. The summed E-state index contributed by atoms with van der Waals surface area (Å²) in [7, 11) is 0.367. The highest BCUT2D eigenvalue weighted by Gasteiger charge is 2.33. The van der Waals surface area contributed by atoms with Gasteiger partial charge in [0.2, 0.25) is 5.82 Å². The second-order valence-corrected chi connectivity index (χ2v) is 6.96. The topological polar surface area (TPSA) is 39.7 Å². The molecule has 1 aromatic rings. The maximum Gasteiger partial charge on any atom is 0.273 e. The van der Waals surface area contributed by atoms with Crippen molar-refractivity contribution in [2.75, 3.05) is 11.9 Å². The molecule has 0 saturated heterocycles. The fraction of sp³-hybridized carbons (Fsp3) is 0.647. The van der Waals surface area contributed by atoms with Crippen LogP contribution in [0.5, 0.6) is 0 Å². The van der Waals surface area contributed by atoms with Crippen LogP contribution in [0.15, 0.2) is 0 Å². The molecule has 1 rings (SSSR count). The van der Waals surface area contributed by atoms with Gasteiger partial charge in [-0.2, -0.15) is 0 Å². The van der Waals surface area contributed by atoms with E-state index in [9.17, 15) is 22.0 Å². The third-order valence-corrected chi connectivity index (χ3v) is 4.18. The van der Waals surface area contributed by atoms with Crippen LogP contribution < -0.4 is 5.32 Å². The number of ether oxygens (including phenoxy) is 2. The van der Waals surface area contributed by atoms with E-state index in [4.69, 9.17) is 13.9 Å². The minimum Gasteiger partial charge on any atom is -0.380 e. The molecule has 0 bridgehead atoms. The van der Waals surface area contributed by atoms with E-state index in [0.717, 1.165) is 0 Å². The molecule has 10 heteroatoms. The van der Waals surface area contributed by atoms with Crippen molar-refractivity contribution in [2.24, 2.45) is 0 Å². The molecule has 0 amide bonds. The third-order valence-electron chi connectivity index (χ3n) is 3.56. The molecule has 0 saturated carbocycles. The quantitative estimate of drug-likeness (QED) is 0.149. The fourth-order valence-corrected chi connectivity index (χ4v) is 2.90. The van der Waals surface area contributed by atoms with E-state index in [1.807, 2.05) is 27.7 Å². The summed E-state index contributed by atoms with van der Waals surface area (Å²) in [5.74, 6) is -11.1. The van der Waals surface area contributed by atoms with Gasteiger partial charge in [0.25, 0.3) is 5.97 Å². The van der Waals surface area contributed by atoms with E-state index in [1.165, 1.54) is 0 Å². The van der Waals surface area contributed by atoms with E-state index in [0.29, 0.717) is 29.7 Å². The Morgan fingerprint density at radius 3 is 1.67 bits per heavy atom. The summed E-state index contributed by atoms with van der Waals surface area (Å²) in [6.07, 6.45) is 0.901. The monoisotopic (exact) mass is 415 g/mol. The highest BCUT2D eigenvalue weighted by atomic mass is 28.2. The largest absolute Gasteiger partial charge is 0.380 e. The summed E-state index contributed by atoms with van der Waals surface area (Å²) in [6.45, 7) is 7.35. The zero-order valence-corrected chi connectivity index (χ0v) is 18.1. The summed E-state index contributed by atoms with van der Waals surface area (Å²) in [5.41, 5.74) is -1.03. The molecule has 0 unspecified atom stereocenters.